The van der Waals surface area contributed by atoms with Crippen LogP contribution in [0.1, 0.15) is 5.69 Å². The maximum Gasteiger partial charge on any atom is 0.182 e. The van der Waals surface area contributed by atoms with Gasteiger partial charge in [0.05, 0.1) is 21.4 Å². The molecule has 7 heteroatoms. The fraction of sp³-hybridized carbons (Fsp3) is 0.0714. The van der Waals surface area contributed by atoms with Gasteiger partial charge in [0.25, 0.3) is 0 Å². The summed E-state index contributed by atoms with van der Waals surface area (Å²) >= 11 is 11.8. The smallest absolute Gasteiger partial charge is 0.182 e. The highest BCUT2D eigenvalue weighted by Crippen LogP contribution is 2.28. The molecule has 0 saturated heterocycles. The van der Waals surface area contributed by atoms with Crippen molar-refractivity contribution < 1.29 is 4.39 Å². The molecule has 0 aliphatic carbocycles. The van der Waals surface area contributed by atoms with Gasteiger partial charge in [0.2, 0.25) is 0 Å². The second kappa shape index (κ2) is 5.42. The van der Waals surface area contributed by atoms with Crippen molar-refractivity contribution >= 4 is 40.4 Å². The van der Waals surface area contributed by atoms with E-state index in [0.29, 0.717) is 32.9 Å². The van der Waals surface area contributed by atoms with Crippen LogP contribution < -0.4 is 0 Å². The molecule has 0 unspecified atom stereocenters. The van der Waals surface area contributed by atoms with E-state index in [-0.39, 0.29) is 5.82 Å². The Morgan fingerprint density at radius 1 is 1.10 bits per heavy atom. The third-order valence-corrected chi connectivity index (χ3v) is 3.63. The Balaban J connectivity index is 2.04. The molecular weight excluding hydrogens is 314 g/mol. The molecule has 106 valence electrons. The van der Waals surface area contributed by atoms with Crippen molar-refractivity contribution in [1.82, 2.24) is 9.38 Å². The summed E-state index contributed by atoms with van der Waals surface area (Å²) in [6, 6.07) is 7.87. The van der Waals surface area contributed by atoms with Crippen LogP contribution in [0, 0.1) is 12.7 Å². The SMILES string of the molecule is Cc1nc2ccc(F)cn2c1N=Nc1ccc(Cl)c(Cl)c1. The van der Waals surface area contributed by atoms with Crippen molar-refractivity contribution in [2.75, 3.05) is 0 Å². The maximum atomic E-state index is 13.3. The van der Waals surface area contributed by atoms with Crippen LogP contribution in [0.2, 0.25) is 10.0 Å². The van der Waals surface area contributed by atoms with Gasteiger partial charge in [0, 0.05) is 6.20 Å². The second-order valence-electron chi connectivity index (χ2n) is 4.39. The number of hydrogen-bond donors (Lipinski definition) is 0. The summed E-state index contributed by atoms with van der Waals surface area (Å²) in [5.41, 5.74) is 1.82. The van der Waals surface area contributed by atoms with E-state index in [4.69, 9.17) is 23.2 Å². The first-order valence-electron chi connectivity index (χ1n) is 6.05. The lowest BCUT2D eigenvalue weighted by Gasteiger charge is -1.98. The van der Waals surface area contributed by atoms with E-state index >= 15 is 0 Å². The van der Waals surface area contributed by atoms with Gasteiger partial charge in [-0.1, -0.05) is 23.2 Å². The van der Waals surface area contributed by atoms with Gasteiger partial charge < -0.3 is 0 Å². The summed E-state index contributed by atoms with van der Waals surface area (Å²) in [4.78, 5) is 4.29. The molecule has 2 aromatic heterocycles. The van der Waals surface area contributed by atoms with Crippen molar-refractivity contribution in [2.45, 2.75) is 6.92 Å². The molecule has 21 heavy (non-hydrogen) atoms. The van der Waals surface area contributed by atoms with E-state index in [0.717, 1.165) is 0 Å². The number of rotatable bonds is 2. The number of nitrogens with zero attached hydrogens (tertiary/aromatic N) is 4. The average Bonchev–Trinajstić information content (AvgIpc) is 2.75. The largest absolute Gasteiger partial charge is 0.280 e. The monoisotopic (exact) mass is 322 g/mol. The van der Waals surface area contributed by atoms with Gasteiger partial charge in [-0.3, -0.25) is 4.40 Å². The summed E-state index contributed by atoms with van der Waals surface area (Å²) in [6.07, 6.45) is 1.32. The number of pyridine rings is 1. The van der Waals surface area contributed by atoms with E-state index < -0.39 is 0 Å². The number of aromatic nitrogens is 2. The number of azo groups is 1. The van der Waals surface area contributed by atoms with E-state index in [1.54, 1.807) is 35.6 Å². The summed E-state index contributed by atoms with van der Waals surface area (Å²) in [5, 5.41) is 9.07. The van der Waals surface area contributed by atoms with E-state index in [2.05, 4.69) is 15.2 Å². The molecule has 0 spiro atoms. The number of imidazole rings is 1. The van der Waals surface area contributed by atoms with Gasteiger partial charge in [-0.15, -0.1) is 10.2 Å². The summed E-state index contributed by atoms with van der Waals surface area (Å²) in [5.74, 6) is 0.0986. The van der Waals surface area contributed by atoms with Crippen LogP contribution in [-0.2, 0) is 0 Å². The van der Waals surface area contributed by atoms with Gasteiger partial charge >= 0.3 is 0 Å². The molecule has 0 aliphatic heterocycles. The first-order valence-corrected chi connectivity index (χ1v) is 6.81. The fourth-order valence-electron chi connectivity index (χ4n) is 1.90. The Kier molecular flexibility index (Phi) is 3.61. The third kappa shape index (κ3) is 2.75. The molecule has 0 N–H and O–H groups in total. The first-order chi connectivity index (χ1) is 10.0. The second-order valence-corrected chi connectivity index (χ2v) is 5.21. The zero-order valence-electron chi connectivity index (χ0n) is 10.9. The van der Waals surface area contributed by atoms with Crippen LogP contribution in [-0.4, -0.2) is 9.38 Å². The number of aryl methyl sites for hydroxylation is 1. The van der Waals surface area contributed by atoms with Crippen molar-refractivity contribution in [3.63, 3.8) is 0 Å². The Morgan fingerprint density at radius 3 is 2.67 bits per heavy atom. The molecule has 0 atom stereocenters. The molecule has 4 nitrogen and oxygen atoms in total. The molecule has 3 aromatic rings. The van der Waals surface area contributed by atoms with Crippen LogP contribution >= 0.6 is 23.2 Å². The van der Waals surface area contributed by atoms with Crippen LogP contribution in [0.15, 0.2) is 46.8 Å². The number of fused-ring (bicyclic) bond motifs is 1. The van der Waals surface area contributed by atoms with Crippen LogP contribution in [0.5, 0.6) is 0 Å². The molecule has 0 bridgehead atoms. The zero-order valence-corrected chi connectivity index (χ0v) is 12.4. The summed E-state index contributed by atoms with van der Waals surface area (Å²) in [7, 11) is 0. The van der Waals surface area contributed by atoms with Crippen LogP contribution in [0.3, 0.4) is 0 Å². The molecule has 1 aromatic carbocycles. The van der Waals surface area contributed by atoms with Crippen LogP contribution in [0.25, 0.3) is 5.65 Å². The molecule has 0 saturated carbocycles. The van der Waals surface area contributed by atoms with Crippen molar-refractivity contribution in [3.05, 3.63) is 58.1 Å². The minimum atomic E-state index is -0.370. The maximum absolute atomic E-state index is 13.3. The van der Waals surface area contributed by atoms with E-state index in [1.807, 2.05) is 0 Å². The van der Waals surface area contributed by atoms with Gasteiger partial charge in [-0.2, -0.15) is 0 Å². The van der Waals surface area contributed by atoms with Gasteiger partial charge in [0.1, 0.15) is 11.5 Å². The molecule has 2 heterocycles. The van der Waals surface area contributed by atoms with Crippen molar-refractivity contribution in [1.29, 1.82) is 0 Å². The van der Waals surface area contributed by atoms with E-state index in [1.165, 1.54) is 12.3 Å². The Labute approximate surface area is 129 Å². The highest BCUT2D eigenvalue weighted by molar-refractivity contribution is 6.42. The highest BCUT2D eigenvalue weighted by Gasteiger charge is 2.08. The number of benzene rings is 1. The predicted molar refractivity (Wildman–Crippen MR) is 80.5 cm³/mol. The molecule has 0 amide bonds. The summed E-state index contributed by atoms with van der Waals surface area (Å²) < 4.78 is 14.9. The molecule has 0 radical (unpaired) electrons. The van der Waals surface area contributed by atoms with Gasteiger partial charge in [0.15, 0.2) is 5.82 Å². The quantitative estimate of drug-likeness (QED) is 0.574. The molecule has 3 rings (SSSR count). The van der Waals surface area contributed by atoms with Gasteiger partial charge in [-0.25, -0.2) is 9.37 Å². The molecule has 0 fully saturated rings. The minimum absolute atomic E-state index is 0.370. The minimum Gasteiger partial charge on any atom is -0.280 e. The van der Waals surface area contributed by atoms with Crippen molar-refractivity contribution in [3.8, 4) is 0 Å². The topological polar surface area (TPSA) is 42.0 Å². The lowest BCUT2D eigenvalue weighted by atomic mass is 10.3. The lowest BCUT2D eigenvalue weighted by molar-refractivity contribution is 0.619. The Hall–Kier alpha value is -1.98. The van der Waals surface area contributed by atoms with E-state index in [9.17, 15) is 4.39 Å². The normalized spacial score (nSPS) is 11.6. The average molecular weight is 323 g/mol. The first kappa shape index (κ1) is 14.0. The van der Waals surface area contributed by atoms with Crippen molar-refractivity contribution in [2.24, 2.45) is 10.2 Å². The third-order valence-electron chi connectivity index (χ3n) is 2.89. The molecule has 0 aliphatic rings. The number of hydrogen-bond acceptors (Lipinski definition) is 3. The number of halogens is 3. The zero-order chi connectivity index (χ0) is 15.0. The highest BCUT2D eigenvalue weighted by atomic mass is 35.5. The van der Waals surface area contributed by atoms with Gasteiger partial charge in [-0.05, 0) is 37.3 Å². The fourth-order valence-corrected chi connectivity index (χ4v) is 2.19. The standard InChI is InChI=1S/C14H9Cl2FN4/c1-8-14(21-7-9(17)2-5-13(21)18-8)20-19-10-3-4-11(15)12(16)6-10/h2-7H,1H3. The van der Waals surface area contributed by atoms with Crippen LogP contribution in [0.4, 0.5) is 15.9 Å². The summed E-state index contributed by atoms with van der Waals surface area (Å²) in [6.45, 7) is 1.79. The lowest BCUT2D eigenvalue weighted by Crippen LogP contribution is -1.85. The Bertz CT molecular complexity index is 858. The molecular formula is C14H9Cl2FN4. The Morgan fingerprint density at radius 2 is 1.90 bits per heavy atom. The predicted octanol–water partition coefficient (Wildman–Crippen LogP) is 5.50.